The van der Waals surface area contributed by atoms with Gasteiger partial charge in [0.1, 0.15) is 5.78 Å². The number of carbonyl (C=O) groups excluding carboxylic acids is 3. The van der Waals surface area contributed by atoms with Crippen molar-refractivity contribution in [2.45, 2.75) is 53.4 Å². The lowest BCUT2D eigenvalue weighted by Crippen LogP contribution is -2.30. The van der Waals surface area contributed by atoms with Crippen molar-refractivity contribution in [3.05, 3.63) is 12.2 Å². The van der Waals surface area contributed by atoms with Gasteiger partial charge in [0.2, 0.25) is 0 Å². The van der Waals surface area contributed by atoms with Crippen molar-refractivity contribution in [1.82, 2.24) is 4.90 Å². The van der Waals surface area contributed by atoms with Gasteiger partial charge in [-0.05, 0) is 12.8 Å². The fraction of sp³-hybridized carbons (Fsp3) is 0.667. The zero-order valence-corrected chi connectivity index (χ0v) is 12.4. The molecule has 19 heavy (non-hydrogen) atoms. The predicted octanol–water partition coefficient (Wildman–Crippen LogP) is 2.72. The number of carbonyl (C=O) groups is 3. The number of amides is 2. The molecule has 1 aliphatic heterocycles. The van der Waals surface area contributed by atoms with Gasteiger partial charge in [0.05, 0.1) is 0 Å². The highest BCUT2D eigenvalue weighted by Crippen LogP contribution is 2.09. The summed E-state index contributed by atoms with van der Waals surface area (Å²) >= 11 is 0. The quantitative estimate of drug-likeness (QED) is 0.526. The van der Waals surface area contributed by atoms with Gasteiger partial charge in [-0.2, -0.15) is 0 Å². The Kier molecular flexibility index (Phi) is 8.75. The number of hydrogen-bond donors (Lipinski definition) is 0. The van der Waals surface area contributed by atoms with Crippen LogP contribution in [-0.2, 0) is 14.4 Å². The van der Waals surface area contributed by atoms with Crippen LogP contribution in [0.25, 0.3) is 0 Å². The third-order valence-electron chi connectivity index (χ3n) is 2.85. The highest BCUT2D eigenvalue weighted by molar-refractivity contribution is 6.12. The minimum Gasteiger partial charge on any atom is -0.299 e. The van der Waals surface area contributed by atoms with E-state index in [-0.39, 0.29) is 23.5 Å². The summed E-state index contributed by atoms with van der Waals surface area (Å²) in [6, 6.07) is 0. The highest BCUT2D eigenvalue weighted by Gasteiger charge is 2.22. The monoisotopic (exact) mass is 267 g/mol. The van der Waals surface area contributed by atoms with Gasteiger partial charge in [-0.25, -0.2) is 0 Å². The SMILES string of the molecule is CC.CC(C)C(=O)CCCCCN1C(=O)C=CC1=O. The second-order valence-electron chi connectivity index (χ2n) is 4.59. The van der Waals surface area contributed by atoms with Crippen molar-refractivity contribution in [1.29, 1.82) is 0 Å². The van der Waals surface area contributed by atoms with E-state index in [0.29, 0.717) is 13.0 Å². The second-order valence-corrected chi connectivity index (χ2v) is 4.59. The largest absolute Gasteiger partial charge is 0.299 e. The first kappa shape index (κ1) is 17.6. The Balaban J connectivity index is 0.00000154. The molecule has 0 fully saturated rings. The zero-order valence-electron chi connectivity index (χ0n) is 12.4. The minimum atomic E-state index is -0.228. The summed E-state index contributed by atoms with van der Waals surface area (Å²) in [5.74, 6) is -0.0811. The van der Waals surface area contributed by atoms with Crippen LogP contribution < -0.4 is 0 Å². The molecule has 0 spiro atoms. The van der Waals surface area contributed by atoms with Crippen LogP contribution in [0.5, 0.6) is 0 Å². The maximum atomic E-state index is 11.3. The molecule has 0 aromatic heterocycles. The van der Waals surface area contributed by atoms with Crippen molar-refractivity contribution in [2.75, 3.05) is 6.54 Å². The normalized spacial score (nSPS) is 13.8. The molecule has 0 aromatic rings. The van der Waals surface area contributed by atoms with Gasteiger partial charge < -0.3 is 0 Å². The number of hydrogen-bond acceptors (Lipinski definition) is 3. The van der Waals surface area contributed by atoms with E-state index < -0.39 is 0 Å². The van der Waals surface area contributed by atoms with Crippen molar-refractivity contribution >= 4 is 17.6 Å². The van der Waals surface area contributed by atoms with E-state index in [9.17, 15) is 14.4 Å². The average molecular weight is 267 g/mol. The van der Waals surface area contributed by atoms with Crippen LogP contribution in [0.1, 0.15) is 53.4 Å². The summed E-state index contributed by atoms with van der Waals surface area (Å²) in [4.78, 5) is 35.0. The molecule has 0 aromatic carbocycles. The third kappa shape index (κ3) is 6.32. The average Bonchev–Trinajstić information content (AvgIpc) is 2.71. The standard InChI is InChI=1S/C13H19NO3.C2H6/c1-10(2)11(15)6-4-3-5-9-14-12(16)7-8-13(14)17;1-2/h7-8,10H,3-6,9H2,1-2H3;1-2H3. The number of imide groups is 1. The van der Waals surface area contributed by atoms with E-state index in [1.165, 1.54) is 17.1 Å². The van der Waals surface area contributed by atoms with Gasteiger partial charge in [0.25, 0.3) is 11.8 Å². The van der Waals surface area contributed by atoms with Crippen LogP contribution in [0.2, 0.25) is 0 Å². The molecule has 108 valence electrons. The topological polar surface area (TPSA) is 54.5 Å². The lowest BCUT2D eigenvalue weighted by molar-refractivity contribution is -0.136. The first-order chi connectivity index (χ1) is 9.02. The first-order valence-electron chi connectivity index (χ1n) is 7.08. The van der Waals surface area contributed by atoms with Crippen LogP contribution in [0.15, 0.2) is 12.2 Å². The van der Waals surface area contributed by atoms with E-state index >= 15 is 0 Å². The Labute approximate surface area is 115 Å². The molecule has 0 unspecified atom stereocenters. The summed E-state index contributed by atoms with van der Waals surface area (Å²) < 4.78 is 0. The molecule has 4 nitrogen and oxygen atoms in total. The van der Waals surface area contributed by atoms with Gasteiger partial charge in [-0.1, -0.05) is 34.1 Å². The Hall–Kier alpha value is -1.45. The number of rotatable bonds is 7. The summed E-state index contributed by atoms with van der Waals surface area (Å²) in [7, 11) is 0. The smallest absolute Gasteiger partial charge is 0.253 e. The van der Waals surface area contributed by atoms with Crippen molar-refractivity contribution in [3.63, 3.8) is 0 Å². The molecular formula is C15H25NO3. The summed E-state index contributed by atoms with van der Waals surface area (Å²) in [6.45, 7) is 8.26. The van der Waals surface area contributed by atoms with Crippen LogP contribution in [-0.4, -0.2) is 29.0 Å². The molecule has 4 heteroatoms. The Morgan fingerprint density at radius 1 is 1.05 bits per heavy atom. The van der Waals surface area contributed by atoms with E-state index in [4.69, 9.17) is 0 Å². The van der Waals surface area contributed by atoms with E-state index in [0.717, 1.165) is 19.3 Å². The molecule has 0 N–H and O–H groups in total. The second kappa shape index (κ2) is 9.48. The van der Waals surface area contributed by atoms with Crippen molar-refractivity contribution < 1.29 is 14.4 Å². The van der Waals surface area contributed by atoms with Crippen LogP contribution in [0, 0.1) is 5.92 Å². The molecule has 0 saturated heterocycles. The zero-order chi connectivity index (χ0) is 14.8. The highest BCUT2D eigenvalue weighted by atomic mass is 16.2. The molecular weight excluding hydrogens is 242 g/mol. The molecule has 0 bridgehead atoms. The molecule has 0 atom stereocenters. The molecule has 1 rings (SSSR count). The number of nitrogens with zero attached hydrogens (tertiary/aromatic N) is 1. The maximum Gasteiger partial charge on any atom is 0.253 e. The van der Waals surface area contributed by atoms with Crippen LogP contribution in [0.4, 0.5) is 0 Å². The Bertz CT molecular complexity index is 327. The van der Waals surface area contributed by atoms with Gasteiger partial charge in [-0.15, -0.1) is 0 Å². The van der Waals surface area contributed by atoms with Crippen LogP contribution in [0.3, 0.4) is 0 Å². The van der Waals surface area contributed by atoms with E-state index in [1.54, 1.807) is 0 Å². The maximum absolute atomic E-state index is 11.3. The lowest BCUT2D eigenvalue weighted by Gasteiger charge is -2.13. The molecule has 0 radical (unpaired) electrons. The van der Waals surface area contributed by atoms with Crippen LogP contribution >= 0.6 is 0 Å². The van der Waals surface area contributed by atoms with Gasteiger partial charge in [0, 0.05) is 31.0 Å². The Morgan fingerprint density at radius 2 is 1.58 bits per heavy atom. The Morgan fingerprint density at radius 3 is 2.05 bits per heavy atom. The molecule has 1 aliphatic rings. The van der Waals surface area contributed by atoms with E-state index in [1.807, 2.05) is 27.7 Å². The van der Waals surface area contributed by atoms with Gasteiger partial charge in [0.15, 0.2) is 0 Å². The first-order valence-corrected chi connectivity index (χ1v) is 7.08. The van der Waals surface area contributed by atoms with E-state index in [2.05, 4.69) is 0 Å². The summed E-state index contributed by atoms with van der Waals surface area (Å²) in [5, 5.41) is 0. The van der Waals surface area contributed by atoms with Crippen molar-refractivity contribution in [2.24, 2.45) is 5.92 Å². The fourth-order valence-corrected chi connectivity index (χ4v) is 1.69. The fourth-order valence-electron chi connectivity index (χ4n) is 1.69. The number of Topliss-reactive ketones (excluding diaryl/α,β-unsaturated/α-hetero) is 1. The third-order valence-corrected chi connectivity index (χ3v) is 2.85. The summed E-state index contributed by atoms with van der Waals surface area (Å²) in [5.41, 5.74) is 0. The summed E-state index contributed by atoms with van der Waals surface area (Å²) in [6.07, 6.45) is 5.66. The molecule has 1 heterocycles. The molecule has 0 aliphatic carbocycles. The minimum absolute atomic E-state index is 0.0981. The predicted molar refractivity (Wildman–Crippen MR) is 75.5 cm³/mol. The van der Waals surface area contributed by atoms with Gasteiger partial charge in [-0.3, -0.25) is 19.3 Å². The molecule has 0 saturated carbocycles. The van der Waals surface area contributed by atoms with Gasteiger partial charge >= 0.3 is 0 Å². The number of unbranched alkanes of at least 4 members (excludes halogenated alkanes) is 2. The van der Waals surface area contributed by atoms with Crippen molar-refractivity contribution in [3.8, 4) is 0 Å². The number of ketones is 1. The lowest BCUT2D eigenvalue weighted by atomic mass is 10.0. The molecule has 2 amide bonds.